The van der Waals surface area contributed by atoms with E-state index >= 15 is 0 Å². The van der Waals surface area contributed by atoms with Gasteiger partial charge in [0.1, 0.15) is 5.82 Å². The average molecular weight is 457 g/mol. The molecule has 1 atom stereocenters. The molecule has 1 saturated carbocycles. The predicted molar refractivity (Wildman–Crippen MR) is 113 cm³/mol. The number of aliphatic hydroxyl groups is 1. The normalized spacial score (nSPS) is 16.5. The summed E-state index contributed by atoms with van der Waals surface area (Å²) in [6.07, 6.45) is 1.68. The summed E-state index contributed by atoms with van der Waals surface area (Å²) in [6, 6.07) is 3.88. The van der Waals surface area contributed by atoms with E-state index in [1.165, 1.54) is 26.0 Å². The summed E-state index contributed by atoms with van der Waals surface area (Å²) < 4.78 is 51.0. The predicted octanol–water partition coefficient (Wildman–Crippen LogP) is 4.93. The number of amides is 1. The first-order valence-electron chi connectivity index (χ1n) is 9.73. The zero-order valence-corrected chi connectivity index (χ0v) is 19.0. The molecule has 1 heterocycles. The molecule has 1 amide bonds. The molecule has 164 valence electrons. The summed E-state index contributed by atoms with van der Waals surface area (Å²) in [7, 11) is -3.95. The molecule has 0 bridgehead atoms. The highest BCUT2D eigenvalue weighted by molar-refractivity contribution is 7.93. The van der Waals surface area contributed by atoms with Gasteiger partial charge in [0.15, 0.2) is 19.9 Å². The molecule has 1 aromatic heterocycles. The maximum Gasteiger partial charge on any atom is 0.236 e. The zero-order chi connectivity index (χ0) is 22.4. The van der Waals surface area contributed by atoms with Crippen LogP contribution in [0, 0.1) is 16.4 Å². The number of benzene rings is 1. The van der Waals surface area contributed by atoms with Crippen LogP contribution in [0.25, 0.3) is 0 Å². The first-order chi connectivity index (χ1) is 13.8. The van der Waals surface area contributed by atoms with Crippen LogP contribution in [0.4, 0.5) is 8.78 Å². The number of hydrogen-bond acceptors (Lipinski definition) is 5. The van der Waals surface area contributed by atoms with Gasteiger partial charge in [-0.15, -0.1) is 11.3 Å². The lowest BCUT2D eigenvalue weighted by molar-refractivity contribution is -0.118. The van der Waals surface area contributed by atoms with Gasteiger partial charge in [0, 0.05) is 4.88 Å². The summed E-state index contributed by atoms with van der Waals surface area (Å²) in [5.74, 6) is -1.77. The van der Waals surface area contributed by atoms with Gasteiger partial charge in [-0.2, -0.15) is 0 Å². The quantitative estimate of drug-likeness (QED) is 0.552. The fourth-order valence-electron chi connectivity index (χ4n) is 3.41. The van der Waals surface area contributed by atoms with Gasteiger partial charge in [0.25, 0.3) is 0 Å². The fourth-order valence-corrected chi connectivity index (χ4v) is 5.86. The van der Waals surface area contributed by atoms with Crippen LogP contribution in [0.3, 0.4) is 0 Å². The third-order valence-corrected chi connectivity index (χ3v) is 8.44. The van der Waals surface area contributed by atoms with Crippen molar-refractivity contribution < 1.29 is 22.9 Å². The second kappa shape index (κ2) is 8.01. The monoisotopic (exact) mass is 456 g/mol. The first-order valence-corrected chi connectivity index (χ1v) is 12.1. The molecule has 1 aliphatic rings. The van der Waals surface area contributed by atoms with Crippen LogP contribution in [0.2, 0.25) is 0 Å². The Balaban J connectivity index is 1.88. The summed E-state index contributed by atoms with van der Waals surface area (Å²) in [4.78, 5) is 12.9. The van der Waals surface area contributed by atoms with Crippen molar-refractivity contribution in [1.29, 1.82) is 4.78 Å². The SMILES string of the molecule is CC(C)c1cc(F)cc(C2CC2)c1CC(=O)N[S@](=N)(=O)c1sc(C(C)(C)O)cc1F. The topological polar surface area (TPSA) is 90.3 Å². The van der Waals surface area contributed by atoms with Crippen LogP contribution < -0.4 is 4.72 Å². The number of rotatable bonds is 7. The molecule has 1 aliphatic carbocycles. The van der Waals surface area contributed by atoms with E-state index in [-0.39, 0.29) is 29.0 Å². The van der Waals surface area contributed by atoms with Crippen molar-refractivity contribution in [3.8, 4) is 0 Å². The third-order valence-electron chi connectivity index (χ3n) is 5.04. The van der Waals surface area contributed by atoms with Gasteiger partial charge < -0.3 is 5.11 Å². The number of hydrogen-bond donors (Lipinski definition) is 3. The van der Waals surface area contributed by atoms with E-state index < -0.39 is 31.4 Å². The van der Waals surface area contributed by atoms with E-state index in [1.54, 1.807) is 0 Å². The smallest absolute Gasteiger partial charge is 0.236 e. The lowest BCUT2D eigenvalue weighted by Gasteiger charge is -2.18. The molecule has 0 saturated heterocycles. The molecule has 0 unspecified atom stereocenters. The Morgan fingerprint density at radius 3 is 2.47 bits per heavy atom. The minimum absolute atomic E-state index is 0.0227. The van der Waals surface area contributed by atoms with E-state index in [0.29, 0.717) is 22.5 Å². The lowest BCUT2D eigenvalue weighted by atomic mass is 9.89. The van der Waals surface area contributed by atoms with Crippen LogP contribution in [-0.4, -0.2) is 15.2 Å². The largest absolute Gasteiger partial charge is 0.385 e. The van der Waals surface area contributed by atoms with Crippen LogP contribution >= 0.6 is 11.3 Å². The van der Waals surface area contributed by atoms with Crippen LogP contribution in [0.5, 0.6) is 0 Å². The van der Waals surface area contributed by atoms with Crippen molar-refractivity contribution in [1.82, 2.24) is 4.72 Å². The van der Waals surface area contributed by atoms with E-state index in [2.05, 4.69) is 4.72 Å². The molecule has 30 heavy (non-hydrogen) atoms. The van der Waals surface area contributed by atoms with Gasteiger partial charge in [0.05, 0.1) is 12.0 Å². The maximum absolute atomic E-state index is 14.3. The highest BCUT2D eigenvalue weighted by Crippen LogP contribution is 2.44. The van der Waals surface area contributed by atoms with Gasteiger partial charge in [-0.1, -0.05) is 13.8 Å². The van der Waals surface area contributed by atoms with Crippen molar-refractivity contribution in [3.05, 3.63) is 51.4 Å². The molecule has 3 rings (SSSR count). The van der Waals surface area contributed by atoms with Gasteiger partial charge in [-0.05, 0) is 73.4 Å². The molecular formula is C21H26F2N2O3S2. The Bertz CT molecular complexity index is 1060. The maximum atomic E-state index is 14.3. The Kier molecular flexibility index (Phi) is 6.10. The van der Waals surface area contributed by atoms with Crippen LogP contribution in [0.15, 0.2) is 22.4 Å². The van der Waals surface area contributed by atoms with Gasteiger partial charge in [-0.3, -0.25) is 9.52 Å². The second-order valence-corrected chi connectivity index (χ2v) is 11.6. The zero-order valence-electron chi connectivity index (χ0n) is 17.3. The Labute approximate surface area is 179 Å². The number of nitrogens with one attached hydrogen (secondary N) is 2. The Hall–Kier alpha value is -1.84. The molecule has 2 aromatic rings. The molecule has 0 aliphatic heterocycles. The highest BCUT2D eigenvalue weighted by Gasteiger charge is 2.31. The van der Waals surface area contributed by atoms with E-state index in [1.807, 2.05) is 13.8 Å². The molecule has 0 spiro atoms. The number of thiophene rings is 1. The third kappa shape index (κ3) is 4.90. The van der Waals surface area contributed by atoms with Crippen LogP contribution in [0.1, 0.15) is 73.9 Å². The minimum Gasteiger partial charge on any atom is -0.385 e. The molecule has 5 nitrogen and oxygen atoms in total. The molecule has 9 heteroatoms. The Morgan fingerprint density at radius 1 is 1.33 bits per heavy atom. The molecular weight excluding hydrogens is 430 g/mol. The van der Waals surface area contributed by atoms with E-state index in [4.69, 9.17) is 4.78 Å². The summed E-state index contributed by atoms with van der Waals surface area (Å²) in [5.41, 5.74) is 0.806. The summed E-state index contributed by atoms with van der Waals surface area (Å²) in [5, 5.41) is 10.0. The molecule has 3 N–H and O–H groups in total. The van der Waals surface area contributed by atoms with Crippen molar-refractivity contribution in [2.45, 2.75) is 68.6 Å². The van der Waals surface area contributed by atoms with Gasteiger partial charge in [0.2, 0.25) is 5.91 Å². The standard InChI is InChI=1S/C21H26F2N2O3S2/c1-11(2)14-7-13(22)8-15(12-5-6-12)16(14)9-19(26)25-30(24,28)20-17(23)10-18(29-20)21(3,4)27/h7-8,10-12,27H,5-6,9H2,1-4H3,(H2,24,25,26,28)/t30-/m0/s1. The van der Waals surface area contributed by atoms with Crippen molar-refractivity contribution in [2.75, 3.05) is 0 Å². The lowest BCUT2D eigenvalue weighted by Crippen LogP contribution is -2.31. The van der Waals surface area contributed by atoms with Gasteiger partial charge >= 0.3 is 0 Å². The Morgan fingerprint density at radius 2 is 1.97 bits per heavy atom. The average Bonchev–Trinajstić information content (AvgIpc) is 3.35. The van der Waals surface area contributed by atoms with Crippen molar-refractivity contribution >= 4 is 27.2 Å². The minimum atomic E-state index is -3.95. The van der Waals surface area contributed by atoms with Crippen LogP contribution in [-0.2, 0) is 26.7 Å². The summed E-state index contributed by atoms with van der Waals surface area (Å²) in [6.45, 7) is 6.71. The summed E-state index contributed by atoms with van der Waals surface area (Å²) >= 11 is 0.697. The number of carbonyl (C=O) groups is 1. The first kappa shape index (κ1) is 22.8. The van der Waals surface area contributed by atoms with E-state index in [0.717, 1.165) is 24.5 Å². The second-order valence-electron chi connectivity index (χ2n) is 8.56. The molecule has 0 radical (unpaired) electrons. The number of carbonyl (C=O) groups excluding carboxylic acids is 1. The van der Waals surface area contributed by atoms with Crippen molar-refractivity contribution in [2.24, 2.45) is 0 Å². The van der Waals surface area contributed by atoms with E-state index in [9.17, 15) is 22.9 Å². The molecule has 1 aromatic carbocycles. The van der Waals surface area contributed by atoms with Gasteiger partial charge in [-0.25, -0.2) is 17.8 Å². The fraction of sp³-hybridized carbons (Fsp3) is 0.476. The highest BCUT2D eigenvalue weighted by atomic mass is 32.2. The molecule has 1 fully saturated rings. The van der Waals surface area contributed by atoms with Crippen molar-refractivity contribution in [3.63, 3.8) is 0 Å². The number of halogens is 2.